The molecule has 1 aliphatic rings. The standard InChI is InChI=1S/C11H12N6O3/c12-2-11(3-18)6(19)1-7(20-11)17-5-16-8-9(13)14-4-15-10(8)17/h4-7,18-19H,1,3H2,(H2,13,14,15)/t6-,7+,11+/m0/s1. The molecule has 2 aromatic rings. The Morgan fingerprint density at radius 2 is 2.35 bits per heavy atom. The van der Waals surface area contributed by atoms with Gasteiger partial charge in [0.05, 0.1) is 12.9 Å². The number of rotatable bonds is 2. The highest BCUT2D eigenvalue weighted by Crippen LogP contribution is 2.37. The maximum absolute atomic E-state index is 9.94. The number of aromatic nitrogens is 4. The van der Waals surface area contributed by atoms with Crippen LogP contribution < -0.4 is 5.73 Å². The number of fused-ring (bicyclic) bond motifs is 1. The number of nitrogens with zero attached hydrogens (tertiary/aromatic N) is 5. The second-order valence-electron chi connectivity index (χ2n) is 4.57. The number of nitriles is 1. The van der Waals surface area contributed by atoms with E-state index in [0.717, 1.165) is 0 Å². The van der Waals surface area contributed by atoms with Crippen LogP contribution in [0.3, 0.4) is 0 Å². The molecule has 9 nitrogen and oxygen atoms in total. The van der Waals surface area contributed by atoms with Gasteiger partial charge >= 0.3 is 0 Å². The van der Waals surface area contributed by atoms with Crippen LogP contribution in [0.25, 0.3) is 11.2 Å². The molecule has 1 saturated heterocycles. The van der Waals surface area contributed by atoms with Gasteiger partial charge in [0.25, 0.3) is 0 Å². The van der Waals surface area contributed by atoms with Gasteiger partial charge in [0.15, 0.2) is 11.5 Å². The van der Waals surface area contributed by atoms with Crippen molar-refractivity contribution in [2.24, 2.45) is 0 Å². The lowest BCUT2D eigenvalue weighted by atomic mass is 10.00. The molecule has 0 spiro atoms. The van der Waals surface area contributed by atoms with Crippen molar-refractivity contribution in [3.8, 4) is 6.07 Å². The van der Waals surface area contributed by atoms with E-state index in [2.05, 4.69) is 15.0 Å². The van der Waals surface area contributed by atoms with Gasteiger partial charge in [-0.15, -0.1) is 0 Å². The molecule has 9 heteroatoms. The van der Waals surface area contributed by atoms with Crippen molar-refractivity contribution in [1.29, 1.82) is 5.26 Å². The zero-order valence-corrected chi connectivity index (χ0v) is 10.3. The van der Waals surface area contributed by atoms with Gasteiger partial charge in [0.1, 0.15) is 30.2 Å². The Kier molecular flexibility index (Phi) is 2.79. The molecule has 3 heterocycles. The number of imidazole rings is 1. The molecule has 0 aliphatic carbocycles. The average molecular weight is 276 g/mol. The SMILES string of the molecule is N#C[C@]1(CO)O[C@@H](n2cnc3c(N)ncnc32)C[C@@H]1O. The Labute approximate surface area is 113 Å². The van der Waals surface area contributed by atoms with Crippen LogP contribution in [0.2, 0.25) is 0 Å². The fourth-order valence-corrected chi connectivity index (χ4v) is 2.28. The highest BCUT2D eigenvalue weighted by atomic mass is 16.6. The van der Waals surface area contributed by atoms with E-state index >= 15 is 0 Å². The van der Waals surface area contributed by atoms with Crippen molar-refractivity contribution in [2.45, 2.75) is 24.4 Å². The fraction of sp³-hybridized carbons (Fsp3) is 0.455. The number of anilines is 1. The van der Waals surface area contributed by atoms with Crippen LogP contribution in [0.5, 0.6) is 0 Å². The van der Waals surface area contributed by atoms with E-state index in [4.69, 9.17) is 15.7 Å². The van der Waals surface area contributed by atoms with E-state index in [0.29, 0.717) is 11.2 Å². The van der Waals surface area contributed by atoms with Gasteiger partial charge in [0, 0.05) is 6.42 Å². The van der Waals surface area contributed by atoms with Crippen LogP contribution in [0.1, 0.15) is 12.6 Å². The zero-order chi connectivity index (χ0) is 14.3. The highest BCUT2D eigenvalue weighted by molar-refractivity contribution is 5.81. The Hall–Kier alpha value is -2.28. The number of aliphatic hydroxyl groups excluding tert-OH is 2. The molecule has 1 fully saturated rings. The minimum absolute atomic E-state index is 0.142. The van der Waals surface area contributed by atoms with Crippen LogP contribution in [0.4, 0.5) is 5.82 Å². The van der Waals surface area contributed by atoms with Crippen LogP contribution >= 0.6 is 0 Å². The zero-order valence-electron chi connectivity index (χ0n) is 10.3. The second-order valence-corrected chi connectivity index (χ2v) is 4.57. The van der Waals surface area contributed by atoms with Crippen molar-refractivity contribution < 1.29 is 14.9 Å². The largest absolute Gasteiger partial charge is 0.392 e. The molecule has 0 amide bonds. The predicted octanol–water partition coefficient (Wildman–Crippen LogP) is -1.06. The van der Waals surface area contributed by atoms with E-state index in [9.17, 15) is 10.2 Å². The first-order valence-corrected chi connectivity index (χ1v) is 5.92. The predicted molar refractivity (Wildman–Crippen MR) is 65.9 cm³/mol. The molecule has 20 heavy (non-hydrogen) atoms. The van der Waals surface area contributed by atoms with Crippen molar-refractivity contribution >= 4 is 17.0 Å². The van der Waals surface area contributed by atoms with Gasteiger partial charge in [-0.25, -0.2) is 15.0 Å². The molecular formula is C11H12N6O3. The van der Waals surface area contributed by atoms with Gasteiger partial charge in [0.2, 0.25) is 5.60 Å². The normalized spacial score (nSPS) is 29.6. The number of nitrogens with two attached hydrogens (primary N) is 1. The quantitative estimate of drug-likeness (QED) is 0.630. The molecule has 0 bridgehead atoms. The molecule has 0 unspecified atom stereocenters. The minimum Gasteiger partial charge on any atom is -0.392 e. The van der Waals surface area contributed by atoms with Crippen LogP contribution in [-0.2, 0) is 4.74 Å². The first kappa shape index (κ1) is 12.7. The molecule has 2 aromatic heterocycles. The Bertz CT molecular complexity index is 695. The summed E-state index contributed by atoms with van der Waals surface area (Å²) in [4.78, 5) is 12.0. The monoisotopic (exact) mass is 276 g/mol. The third kappa shape index (κ3) is 1.63. The topological polar surface area (TPSA) is 143 Å². The first-order valence-electron chi connectivity index (χ1n) is 5.92. The summed E-state index contributed by atoms with van der Waals surface area (Å²) in [7, 11) is 0. The van der Waals surface area contributed by atoms with E-state index in [1.165, 1.54) is 12.7 Å². The average Bonchev–Trinajstić information content (AvgIpc) is 3.01. The number of aliphatic hydroxyl groups is 2. The third-order valence-electron chi connectivity index (χ3n) is 3.43. The summed E-state index contributed by atoms with van der Waals surface area (Å²) in [6.45, 7) is -0.592. The molecule has 3 rings (SSSR count). The maximum atomic E-state index is 9.94. The van der Waals surface area contributed by atoms with E-state index in [1.54, 1.807) is 4.57 Å². The summed E-state index contributed by atoms with van der Waals surface area (Å²) in [5.74, 6) is 0.237. The summed E-state index contributed by atoms with van der Waals surface area (Å²) in [5, 5.41) is 28.3. The van der Waals surface area contributed by atoms with Gasteiger partial charge in [-0.05, 0) is 0 Å². The minimum atomic E-state index is -1.63. The van der Waals surface area contributed by atoms with Crippen LogP contribution in [-0.4, -0.2) is 48.0 Å². The smallest absolute Gasteiger partial charge is 0.205 e. The Morgan fingerprint density at radius 3 is 3.00 bits per heavy atom. The number of ether oxygens (including phenoxy) is 1. The van der Waals surface area contributed by atoms with Gasteiger partial charge in [-0.3, -0.25) is 4.57 Å². The first-order chi connectivity index (χ1) is 9.61. The van der Waals surface area contributed by atoms with Crippen molar-refractivity contribution in [3.63, 3.8) is 0 Å². The summed E-state index contributed by atoms with van der Waals surface area (Å²) < 4.78 is 7.07. The molecule has 1 aliphatic heterocycles. The fourth-order valence-electron chi connectivity index (χ4n) is 2.28. The van der Waals surface area contributed by atoms with E-state index < -0.39 is 24.5 Å². The highest BCUT2D eigenvalue weighted by Gasteiger charge is 2.49. The lowest BCUT2D eigenvalue weighted by Crippen LogP contribution is -2.41. The van der Waals surface area contributed by atoms with E-state index in [1.807, 2.05) is 6.07 Å². The Balaban J connectivity index is 2.02. The molecule has 0 aromatic carbocycles. The molecule has 0 saturated carbocycles. The summed E-state index contributed by atoms with van der Waals surface area (Å²) >= 11 is 0. The summed E-state index contributed by atoms with van der Waals surface area (Å²) in [6.07, 6.45) is 1.14. The second kappa shape index (κ2) is 4.38. The third-order valence-corrected chi connectivity index (χ3v) is 3.43. The van der Waals surface area contributed by atoms with Crippen LogP contribution in [0.15, 0.2) is 12.7 Å². The molecular weight excluding hydrogens is 264 g/mol. The van der Waals surface area contributed by atoms with Gasteiger partial charge in [-0.1, -0.05) is 0 Å². The van der Waals surface area contributed by atoms with Crippen LogP contribution in [0, 0.1) is 11.3 Å². The number of nitrogen functional groups attached to an aromatic ring is 1. The Morgan fingerprint density at radius 1 is 1.55 bits per heavy atom. The molecule has 4 N–H and O–H groups in total. The molecule has 104 valence electrons. The molecule has 0 radical (unpaired) electrons. The summed E-state index contributed by atoms with van der Waals surface area (Å²) in [5.41, 5.74) is 4.93. The maximum Gasteiger partial charge on any atom is 0.205 e. The lowest BCUT2D eigenvalue weighted by Gasteiger charge is -2.21. The summed E-state index contributed by atoms with van der Waals surface area (Å²) in [6, 6.07) is 1.81. The van der Waals surface area contributed by atoms with Crippen molar-refractivity contribution in [3.05, 3.63) is 12.7 Å². The van der Waals surface area contributed by atoms with Gasteiger partial charge < -0.3 is 20.7 Å². The number of hydrogen-bond donors (Lipinski definition) is 3. The lowest BCUT2D eigenvalue weighted by molar-refractivity contribution is -0.0904. The van der Waals surface area contributed by atoms with Crippen molar-refractivity contribution in [2.75, 3.05) is 12.3 Å². The van der Waals surface area contributed by atoms with Crippen molar-refractivity contribution in [1.82, 2.24) is 19.5 Å². The van der Waals surface area contributed by atoms with E-state index in [-0.39, 0.29) is 12.2 Å². The van der Waals surface area contributed by atoms with Gasteiger partial charge in [-0.2, -0.15) is 5.26 Å². The number of hydrogen-bond acceptors (Lipinski definition) is 8. The molecule has 3 atom stereocenters.